The third-order valence-corrected chi connectivity index (χ3v) is 8.63. The van der Waals surface area contributed by atoms with Crippen LogP contribution in [-0.2, 0) is 19.2 Å². The van der Waals surface area contributed by atoms with Crippen LogP contribution in [0.3, 0.4) is 0 Å². The summed E-state index contributed by atoms with van der Waals surface area (Å²) in [4.78, 5) is 57.7. The van der Waals surface area contributed by atoms with Gasteiger partial charge in [-0.15, -0.1) is 0 Å². The lowest BCUT2D eigenvalue weighted by Gasteiger charge is -2.44. The number of phenols is 1. The Morgan fingerprint density at radius 1 is 0.842 bits per heavy atom. The van der Waals surface area contributed by atoms with E-state index < -0.39 is 40.7 Å². The minimum Gasteiger partial charge on any atom is -0.504 e. The summed E-state index contributed by atoms with van der Waals surface area (Å²) in [6.45, 7) is 13.3. The molecule has 1 saturated carbocycles. The second kappa shape index (κ2) is 8.68. The summed E-state index contributed by atoms with van der Waals surface area (Å²) in [5.41, 5.74) is 0.367. The average Bonchev–Trinajstić information content (AvgIpc) is 3.23. The van der Waals surface area contributed by atoms with Crippen LogP contribution in [0.5, 0.6) is 11.5 Å². The standard InChI is InChI=1S/C30H38N2O6/c1-8-38-21-13-15(9-12-20(21)33)22-16-10-11-17-23(27(36)31(25(17)34)29(2,3)4)18(16)14-19-24(22)28(37)32(26(19)35)30(5,6)7/h9-10,12-13,17-19,22-24,33H,8,11,14H2,1-7H3/t17-,18+,19+,22-,23-,24+/m0/s1. The largest absolute Gasteiger partial charge is 0.504 e. The molecule has 4 amide bonds. The zero-order valence-electron chi connectivity index (χ0n) is 23.3. The molecular weight excluding hydrogens is 484 g/mol. The predicted octanol–water partition coefficient (Wildman–Crippen LogP) is 4.02. The van der Waals surface area contributed by atoms with Gasteiger partial charge >= 0.3 is 0 Å². The van der Waals surface area contributed by atoms with Crippen LogP contribution < -0.4 is 4.74 Å². The molecule has 8 nitrogen and oxygen atoms in total. The average molecular weight is 523 g/mol. The first-order chi connectivity index (χ1) is 17.7. The van der Waals surface area contributed by atoms with Crippen molar-refractivity contribution in [3.05, 3.63) is 35.4 Å². The first kappa shape index (κ1) is 26.4. The topological polar surface area (TPSA) is 104 Å². The number of hydrogen-bond acceptors (Lipinski definition) is 6. The molecule has 2 heterocycles. The van der Waals surface area contributed by atoms with Gasteiger partial charge in [0.05, 0.1) is 30.3 Å². The summed E-state index contributed by atoms with van der Waals surface area (Å²) in [7, 11) is 0. The Balaban J connectivity index is 1.66. The SMILES string of the molecule is CCOc1cc([C@H]2C3=CC[C@@H]4C(=O)N(C(C)(C)C)C(=O)[C@@H]4[C@@H]3C[C@H]3C(=O)N(C(C)(C)C)C(=O)[C@@H]23)ccc1O. The summed E-state index contributed by atoms with van der Waals surface area (Å²) in [6, 6.07) is 5.07. The van der Waals surface area contributed by atoms with E-state index in [2.05, 4.69) is 0 Å². The minimum absolute atomic E-state index is 0.000253. The molecule has 6 atom stereocenters. The Labute approximate surface area is 224 Å². The fourth-order valence-corrected chi connectivity index (χ4v) is 7.28. The fourth-order valence-electron chi connectivity index (χ4n) is 7.28. The van der Waals surface area contributed by atoms with Crippen molar-refractivity contribution in [3.8, 4) is 11.5 Å². The number of carbonyl (C=O) groups excluding carboxylic acids is 4. The highest BCUT2D eigenvalue weighted by molar-refractivity contribution is 6.08. The normalized spacial score (nSPS) is 31.3. The van der Waals surface area contributed by atoms with Crippen LogP contribution in [0.1, 0.15) is 72.8 Å². The van der Waals surface area contributed by atoms with Gasteiger partial charge in [-0.25, -0.2) is 0 Å². The maximum absolute atomic E-state index is 13.9. The lowest BCUT2D eigenvalue weighted by Crippen LogP contribution is -2.47. The Morgan fingerprint density at radius 3 is 2.00 bits per heavy atom. The van der Waals surface area contributed by atoms with Gasteiger partial charge in [0, 0.05) is 17.0 Å². The number of amides is 4. The van der Waals surface area contributed by atoms with E-state index in [0.717, 1.165) is 11.1 Å². The fraction of sp³-hybridized carbons (Fsp3) is 0.600. The second-order valence-corrected chi connectivity index (χ2v) is 13.0. The molecule has 0 aromatic heterocycles. The third kappa shape index (κ3) is 3.78. The summed E-state index contributed by atoms with van der Waals surface area (Å²) >= 11 is 0. The molecule has 2 aliphatic heterocycles. The molecule has 2 aliphatic carbocycles. The van der Waals surface area contributed by atoms with Crippen molar-refractivity contribution < 1.29 is 29.0 Å². The van der Waals surface area contributed by atoms with Gasteiger partial charge in [-0.05, 0) is 84.9 Å². The van der Waals surface area contributed by atoms with E-state index in [1.54, 1.807) is 18.2 Å². The first-order valence-electron chi connectivity index (χ1n) is 13.6. The van der Waals surface area contributed by atoms with Crippen molar-refractivity contribution in [1.82, 2.24) is 9.80 Å². The van der Waals surface area contributed by atoms with Gasteiger partial charge in [-0.1, -0.05) is 17.7 Å². The highest BCUT2D eigenvalue weighted by Crippen LogP contribution is 2.59. The number of rotatable bonds is 3. The zero-order valence-corrected chi connectivity index (χ0v) is 23.3. The highest BCUT2D eigenvalue weighted by Gasteiger charge is 2.63. The molecule has 1 aromatic carbocycles. The number of benzene rings is 1. The van der Waals surface area contributed by atoms with Gasteiger partial charge < -0.3 is 9.84 Å². The maximum atomic E-state index is 13.9. The molecule has 5 rings (SSSR count). The van der Waals surface area contributed by atoms with Crippen molar-refractivity contribution in [2.24, 2.45) is 29.6 Å². The lowest BCUT2D eigenvalue weighted by molar-refractivity contribution is -0.147. The van der Waals surface area contributed by atoms with Crippen LogP contribution in [0.2, 0.25) is 0 Å². The molecule has 0 unspecified atom stereocenters. The van der Waals surface area contributed by atoms with E-state index in [4.69, 9.17) is 4.74 Å². The number of nitrogens with zero attached hydrogens (tertiary/aromatic N) is 2. The highest BCUT2D eigenvalue weighted by atomic mass is 16.5. The van der Waals surface area contributed by atoms with E-state index in [9.17, 15) is 24.3 Å². The Hall–Kier alpha value is -3.16. The Morgan fingerprint density at radius 2 is 1.42 bits per heavy atom. The number of ether oxygens (including phenoxy) is 1. The number of allylic oxidation sites excluding steroid dienone is 2. The van der Waals surface area contributed by atoms with Crippen LogP contribution >= 0.6 is 0 Å². The molecule has 0 radical (unpaired) electrons. The minimum atomic E-state index is -0.689. The van der Waals surface area contributed by atoms with Crippen LogP contribution in [0.15, 0.2) is 29.8 Å². The number of hydrogen-bond donors (Lipinski definition) is 1. The van der Waals surface area contributed by atoms with Crippen LogP contribution in [0.4, 0.5) is 0 Å². The van der Waals surface area contributed by atoms with Gasteiger partial charge in [0.15, 0.2) is 11.5 Å². The molecule has 2 saturated heterocycles. The van der Waals surface area contributed by atoms with Crippen molar-refractivity contribution in [2.45, 2.75) is 78.3 Å². The van der Waals surface area contributed by atoms with Crippen LogP contribution in [0.25, 0.3) is 0 Å². The molecule has 8 heteroatoms. The summed E-state index contributed by atoms with van der Waals surface area (Å²) in [5, 5.41) is 10.4. The summed E-state index contributed by atoms with van der Waals surface area (Å²) in [6.07, 6.45) is 2.82. The molecule has 1 aromatic rings. The number of carbonyl (C=O) groups is 4. The first-order valence-corrected chi connectivity index (χ1v) is 13.6. The van der Waals surface area contributed by atoms with Crippen LogP contribution in [-0.4, -0.2) is 56.2 Å². The van der Waals surface area contributed by atoms with Gasteiger partial charge in [-0.2, -0.15) is 0 Å². The molecule has 4 aliphatic rings. The van der Waals surface area contributed by atoms with Gasteiger partial charge in [0.1, 0.15) is 0 Å². The van der Waals surface area contributed by atoms with Crippen molar-refractivity contribution in [3.63, 3.8) is 0 Å². The predicted molar refractivity (Wildman–Crippen MR) is 140 cm³/mol. The monoisotopic (exact) mass is 522 g/mol. The molecule has 204 valence electrons. The van der Waals surface area contributed by atoms with Crippen molar-refractivity contribution in [2.75, 3.05) is 6.61 Å². The van der Waals surface area contributed by atoms with Crippen molar-refractivity contribution >= 4 is 23.6 Å². The van der Waals surface area contributed by atoms with E-state index in [-0.39, 0.29) is 35.3 Å². The van der Waals surface area contributed by atoms with Crippen LogP contribution in [0, 0.1) is 29.6 Å². The quantitative estimate of drug-likeness (QED) is 0.475. The molecule has 1 N–H and O–H groups in total. The smallest absolute Gasteiger partial charge is 0.234 e. The third-order valence-electron chi connectivity index (χ3n) is 8.63. The van der Waals surface area contributed by atoms with E-state index in [0.29, 0.717) is 25.2 Å². The van der Waals surface area contributed by atoms with Crippen molar-refractivity contribution in [1.29, 1.82) is 0 Å². The van der Waals surface area contributed by atoms with Gasteiger partial charge in [0.2, 0.25) is 23.6 Å². The molecule has 38 heavy (non-hydrogen) atoms. The lowest BCUT2D eigenvalue weighted by atomic mass is 9.57. The second-order valence-electron chi connectivity index (χ2n) is 13.0. The maximum Gasteiger partial charge on any atom is 0.234 e. The van der Waals surface area contributed by atoms with E-state index >= 15 is 0 Å². The number of fused-ring (bicyclic) bond motifs is 4. The van der Waals surface area contributed by atoms with Gasteiger partial charge in [-0.3, -0.25) is 29.0 Å². The van der Waals surface area contributed by atoms with E-state index in [1.165, 1.54) is 9.80 Å². The number of aromatic hydroxyl groups is 1. The Bertz CT molecular complexity index is 1250. The number of likely N-dealkylation sites (tertiary alicyclic amines) is 2. The molecule has 0 bridgehead atoms. The van der Waals surface area contributed by atoms with E-state index in [1.807, 2.05) is 54.5 Å². The summed E-state index contributed by atoms with van der Waals surface area (Å²) in [5.74, 6) is -3.48. The number of imide groups is 2. The number of phenolic OH excluding ortho intramolecular Hbond substituents is 1. The molecule has 3 fully saturated rings. The zero-order chi connectivity index (χ0) is 27.9. The summed E-state index contributed by atoms with van der Waals surface area (Å²) < 4.78 is 5.65. The van der Waals surface area contributed by atoms with Gasteiger partial charge in [0.25, 0.3) is 0 Å². The molecular formula is C30H38N2O6. The molecule has 0 spiro atoms. The Kier molecular flexibility index (Phi) is 6.04.